The number of rotatable bonds is 5. The lowest BCUT2D eigenvalue weighted by Gasteiger charge is -2.07. The van der Waals surface area contributed by atoms with E-state index in [-0.39, 0.29) is 10.6 Å². The quantitative estimate of drug-likeness (QED) is 0.535. The molecule has 7 heteroatoms. The Morgan fingerprint density at radius 1 is 1.24 bits per heavy atom. The van der Waals surface area contributed by atoms with E-state index >= 15 is 0 Å². The molecule has 1 aromatic heterocycles. The predicted octanol–water partition coefficient (Wildman–Crippen LogP) is 4.06. The molecule has 126 valence electrons. The summed E-state index contributed by atoms with van der Waals surface area (Å²) in [6.45, 7) is 1.87. The van der Waals surface area contributed by atoms with E-state index in [1.807, 2.05) is 42.0 Å². The fraction of sp³-hybridized carbons (Fsp3) is 0.0556. The Hall–Kier alpha value is -3.12. The van der Waals surface area contributed by atoms with E-state index in [0.717, 1.165) is 17.0 Å². The van der Waals surface area contributed by atoms with Gasteiger partial charge in [-0.15, -0.1) is 0 Å². The van der Waals surface area contributed by atoms with Crippen molar-refractivity contribution in [2.75, 3.05) is 5.43 Å². The van der Waals surface area contributed by atoms with Gasteiger partial charge in [0.2, 0.25) is 0 Å². The second-order valence-electron chi connectivity index (χ2n) is 5.33. The summed E-state index contributed by atoms with van der Waals surface area (Å²) in [5, 5.41) is 13.6. The summed E-state index contributed by atoms with van der Waals surface area (Å²) in [5.74, 6) is -1.08. The Bertz CT molecular complexity index is 919. The van der Waals surface area contributed by atoms with Crippen LogP contribution in [-0.2, 0) is 0 Å². The highest BCUT2D eigenvalue weighted by Gasteiger charge is 2.09. The summed E-state index contributed by atoms with van der Waals surface area (Å²) in [7, 11) is 0. The molecule has 2 aromatic carbocycles. The normalized spacial score (nSPS) is 11.4. The molecule has 3 rings (SSSR count). The number of nitrogens with one attached hydrogen (secondary N) is 1. The highest BCUT2D eigenvalue weighted by atomic mass is 35.5. The maximum Gasteiger partial charge on any atom is 0.337 e. The van der Waals surface area contributed by atoms with E-state index in [9.17, 15) is 4.79 Å². The van der Waals surface area contributed by atoms with Gasteiger partial charge in [0.1, 0.15) is 0 Å². The number of imidazole rings is 1. The molecule has 3 aromatic rings. The van der Waals surface area contributed by atoms with Crippen LogP contribution in [0.2, 0.25) is 5.02 Å². The number of hydrogen-bond donors (Lipinski definition) is 2. The number of hydrazone groups is 1. The van der Waals surface area contributed by atoms with Crippen molar-refractivity contribution >= 4 is 29.0 Å². The van der Waals surface area contributed by atoms with E-state index in [1.165, 1.54) is 12.1 Å². The second-order valence-corrected chi connectivity index (χ2v) is 5.73. The Morgan fingerprint density at radius 3 is 2.64 bits per heavy atom. The van der Waals surface area contributed by atoms with Gasteiger partial charge in [0.05, 0.1) is 28.3 Å². The van der Waals surface area contributed by atoms with Crippen LogP contribution in [-0.4, -0.2) is 26.3 Å². The number of carboxylic acids is 1. The standard InChI is InChI=1S/C18H15ClN4O2/c1-12(13-2-5-15(6-3-13)23-9-8-20-11-23)21-22-14-4-7-17(19)16(10-14)18(24)25/h2-11,22H,1H3,(H,24,25)/b21-12+. The number of aromatic nitrogens is 2. The summed E-state index contributed by atoms with van der Waals surface area (Å²) in [6.07, 6.45) is 5.33. The fourth-order valence-electron chi connectivity index (χ4n) is 2.26. The fourth-order valence-corrected chi connectivity index (χ4v) is 2.46. The van der Waals surface area contributed by atoms with E-state index in [4.69, 9.17) is 16.7 Å². The Morgan fingerprint density at radius 2 is 2.00 bits per heavy atom. The van der Waals surface area contributed by atoms with Gasteiger partial charge in [-0.3, -0.25) is 5.43 Å². The van der Waals surface area contributed by atoms with Crippen molar-refractivity contribution in [2.45, 2.75) is 6.92 Å². The number of halogens is 1. The van der Waals surface area contributed by atoms with Crippen molar-refractivity contribution in [3.8, 4) is 5.69 Å². The molecule has 1 heterocycles. The summed E-state index contributed by atoms with van der Waals surface area (Å²) >= 11 is 5.86. The van der Waals surface area contributed by atoms with Gasteiger partial charge < -0.3 is 9.67 Å². The molecule has 0 saturated heterocycles. The van der Waals surface area contributed by atoms with Crippen LogP contribution in [0.25, 0.3) is 5.69 Å². The molecule has 0 aliphatic rings. The number of anilines is 1. The first kappa shape index (κ1) is 16.7. The zero-order valence-corrected chi connectivity index (χ0v) is 14.1. The molecule has 0 atom stereocenters. The highest BCUT2D eigenvalue weighted by Crippen LogP contribution is 2.20. The van der Waals surface area contributed by atoms with Crippen molar-refractivity contribution in [3.05, 3.63) is 77.3 Å². The molecule has 6 nitrogen and oxygen atoms in total. The first-order chi connectivity index (χ1) is 12.0. The monoisotopic (exact) mass is 354 g/mol. The SMILES string of the molecule is C/C(=N\Nc1ccc(Cl)c(C(=O)O)c1)c1ccc(-n2ccnc2)cc1. The first-order valence-corrected chi connectivity index (χ1v) is 7.84. The third-order valence-corrected chi connectivity index (χ3v) is 3.97. The third kappa shape index (κ3) is 3.87. The molecule has 0 fully saturated rings. The van der Waals surface area contributed by atoms with Gasteiger partial charge in [0, 0.05) is 18.1 Å². The minimum atomic E-state index is -1.08. The summed E-state index contributed by atoms with van der Waals surface area (Å²) < 4.78 is 1.91. The van der Waals surface area contributed by atoms with Crippen LogP contribution in [0.3, 0.4) is 0 Å². The maximum absolute atomic E-state index is 11.1. The average Bonchev–Trinajstić information content (AvgIpc) is 3.15. The van der Waals surface area contributed by atoms with Gasteiger partial charge in [-0.25, -0.2) is 9.78 Å². The van der Waals surface area contributed by atoms with Gasteiger partial charge in [0.25, 0.3) is 0 Å². The molecule has 0 amide bonds. The van der Waals surface area contributed by atoms with Crippen LogP contribution < -0.4 is 5.43 Å². The molecular weight excluding hydrogens is 340 g/mol. The molecule has 0 unspecified atom stereocenters. The van der Waals surface area contributed by atoms with Gasteiger partial charge in [0.15, 0.2) is 0 Å². The first-order valence-electron chi connectivity index (χ1n) is 7.46. The number of hydrogen-bond acceptors (Lipinski definition) is 4. The Labute approximate surface area is 149 Å². The van der Waals surface area contributed by atoms with Crippen LogP contribution in [0, 0.1) is 0 Å². The lowest BCUT2D eigenvalue weighted by Crippen LogP contribution is -2.02. The summed E-state index contributed by atoms with van der Waals surface area (Å²) in [4.78, 5) is 15.1. The molecule has 0 saturated carbocycles. The van der Waals surface area contributed by atoms with E-state index < -0.39 is 5.97 Å². The number of aromatic carboxylic acids is 1. The number of nitrogens with zero attached hydrogens (tertiary/aromatic N) is 3. The van der Waals surface area contributed by atoms with Crippen molar-refractivity contribution in [1.29, 1.82) is 0 Å². The summed E-state index contributed by atoms with van der Waals surface area (Å²) in [5.41, 5.74) is 6.16. The number of benzene rings is 2. The average molecular weight is 355 g/mol. The third-order valence-electron chi connectivity index (χ3n) is 3.64. The van der Waals surface area contributed by atoms with E-state index in [1.54, 1.807) is 18.6 Å². The van der Waals surface area contributed by atoms with Crippen LogP contribution in [0.15, 0.2) is 66.3 Å². The molecule has 0 aliphatic carbocycles. The molecule has 0 radical (unpaired) electrons. The van der Waals surface area contributed by atoms with Gasteiger partial charge in [-0.1, -0.05) is 23.7 Å². The Balaban J connectivity index is 1.76. The zero-order chi connectivity index (χ0) is 17.8. The molecular formula is C18H15ClN4O2. The Kier molecular flexibility index (Phi) is 4.81. The molecule has 0 aliphatic heterocycles. The smallest absolute Gasteiger partial charge is 0.337 e. The largest absolute Gasteiger partial charge is 0.478 e. The van der Waals surface area contributed by atoms with Crippen LogP contribution in [0.5, 0.6) is 0 Å². The number of carboxylic acid groups (broad SMARTS) is 1. The zero-order valence-electron chi connectivity index (χ0n) is 13.3. The van der Waals surface area contributed by atoms with Gasteiger partial charge in [-0.05, 0) is 42.8 Å². The second kappa shape index (κ2) is 7.19. The number of carbonyl (C=O) groups is 1. The molecule has 25 heavy (non-hydrogen) atoms. The van der Waals surface area contributed by atoms with Crippen molar-refractivity contribution < 1.29 is 9.90 Å². The van der Waals surface area contributed by atoms with E-state index in [2.05, 4.69) is 15.5 Å². The van der Waals surface area contributed by atoms with Crippen LogP contribution in [0.1, 0.15) is 22.8 Å². The molecule has 0 spiro atoms. The summed E-state index contributed by atoms with van der Waals surface area (Å²) in [6, 6.07) is 12.5. The van der Waals surface area contributed by atoms with Gasteiger partial charge >= 0.3 is 5.97 Å². The highest BCUT2D eigenvalue weighted by molar-refractivity contribution is 6.33. The van der Waals surface area contributed by atoms with Crippen LogP contribution in [0.4, 0.5) is 5.69 Å². The van der Waals surface area contributed by atoms with Crippen molar-refractivity contribution in [1.82, 2.24) is 9.55 Å². The predicted molar refractivity (Wildman–Crippen MR) is 97.8 cm³/mol. The topological polar surface area (TPSA) is 79.5 Å². The maximum atomic E-state index is 11.1. The lowest BCUT2D eigenvalue weighted by atomic mass is 10.1. The molecule has 2 N–H and O–H groups in total. The lowest BCUT2D eigenvalue weighted by molar-refractivity contribution is 0.0697. The molecule has 0 bridgehead atoms. The van der Waals surface area contributed by atoms with E-state index in [0.29, 0.717) is 5.69 Å². The van der Waals surface area contributed by atoms with Crippen molar-refractivity contribution in [3.63, 3.8) is 0 Å². The minimum Gasteiger partial charge on any atom is -0.478 e. The van der Waals surface area contributed by atoms with Crippen LogP contribution >= 0.6 is 11.6 Å². The van der Waals surface area contributed by atoms with Gasteiger partial charge in [-0.2, -0.15) is 5.10 Å². The minimum absolute atomic E-state index is 0.0317. The van der Waals surface area contributed by atoms with Crippen molar-refractivity contribution in [2.24, 2.45) is 5.10 Å².